The monoisotopic (exact) mass is 390 g/mol. The summed E-state index contributed by atoms with van der Waals surface area (Å²) in [5.41, 5.74) is 3.21. The molecule has 0 aromatic carbocycles. The highest BCUT2D eigenvalue weighted by Gasteiger charge is 2.27. The molecule has 140 valence electrons. The molecule has 0 aliphatic heterocycles. The third-order valence-electron chi connectivity index (χ3n) is 5.37. The summed E-state index contributed by atoms with van der Waals surface area (Å²) in [6.45, 7) is 4.36. The molecule has 2 aromatic heterocycles. The Bertz CT molecular complexity index is 763. The maximum Gasteiger partial charge on any atom is 0.188 e. The lowest BCUT2D eigenvalue weighted by molar-refractivity contribution is 0.503. The molecular weight excluding hydrogens is 364 g/mol. The summed E-state index contributed by atoms with van der Waals surface area (Å²) >= 11 is 8.33. The van der Waals surface area contributed by atoms with Crippen molar-refractivity contribution in [2.75, 3.05) is 0 Å². The first-order valence-corrected chi connectivity index (χ1v) is 11.1. The lowest BCUT2D eigenvalue weighted by atomic mass is 10.0. The molecule has 0 unspecified atom stereocenters. The van der Waals surface area contributed by atoms with Crippen LogP contribution in [0.25, 0.3) is 11.3 Å². The van der Waals surface area contributed by atoms with Gasteiger partial charge in [-0.25, -0.2) is 9.97 Å². The third-order valence-corrected chi connectivity index (χ3v) is 6.86. The fraction of sp³-hybridized carbons (Fsp3) is 0.650. The van der Waals surface area contributed by atoms with Gasteiger partial charge in [0.05, 0.1) is 23.1 Å². The van der Waals surface area contributed by atoms with E-state index in [1.165, 1.54) is 50.6 Å². The van der Waals surface area contributed by atoms with Crippen LogP contribution in [0.1, 0.15) is 70.5 Å². The molecule has 2 aliphatic rings. The largest absolute Gasteiger partial charge is 0.266 e. The SMILES string of the molecule is CC(C)n1ncc(-c2nc(SC3CCCCC3)ncc2Cl)c1CC1CC1. The minimum Gasteiger partial charge on any atom is -0.266 e. The topological polar surface area (TPSA) is 43.6 Å². The molecule has 4 rings (SSSR count). The zero-order chi connectivity index (χ0) is 18.1. The van der Waals surface area contributed by atoms with E-state index in [2.05, 4.69) is 28.6 Å². The van der Waals surface area contributed by atoms with E-state index in [4.69, 9.17) is 16.6 Å². The minimum absolute atomic E-state index is 0.342. The highest BCUT2D eigenvalue weighted by Crippen LogP contribution is 2.39. The van der Waals surface area contributed by atoms with Crippen molar-refractivity contribution in [3.05, 3.63) is 23.1 Å². The summed E-state index contributed by atoms with van der Waals surface area (Å²) in [5.74, 6) is 0.791. The first-order valence-electron chi connectivity index (χ1n) is 9.87. The Morgan fingerprint density at radius 2 is 1.92 bits per heavy atom. The number of rotatable bonds is 6. The molecular formula is C20H27ClN4S. The molecule has 2 saturated carbocycles. The number of nitrogens with zero attached hydrogens (tertiary/aromatic N) is 4. The summed E-state index contributed by atoms with van der Waals surface area (Å²) in [6.07, 6.45) is 14.0. The Morgan fingerprint density at radius 3 is 2.62 bits per heavy atom. The number of hydrogen-bond donors (Lipinski definition) is 0. The van der Waals surface area contributed by atoms with E-state index in [1.54, 1.807) is 6.20 Å². The molecule has 0 spiro atoms. The Labute approximate surface area is 165 Å². The number of hydrogen-bond acceptors (Lipinski definition) is 4. The van der Waals surface area contributed by atoms with E-state index in [-0.39, 0.29) is 0 Å². The van der Waals surface area contributed by atoms with Gasteiger partial charge in [-0.05, 0) is 51.9 Å². The van der Waals surface area contributed by atoms with Crippen LogP contribution in [0.4, 0.5) is 0 Å². The third kappa shape index (κ3) is 4.09. The fourth-order valence-corrected chi connectivity index (χ4v) is 5.08. The van der Waals surface area contributed by atoms with Crippen LogP contribution >= 0.6 is 23.4 Å². The van der Waals surface area contributed by atoms with E-state index in [0.717, 1.165) is 28.8 Å². The highest BCUT2D eigenvalue weighted by atomic mass is 35.5. The summed E-state index contributed by atoms with van der Waals surface area (Å²) in [7, 11) is 0. The Balaban J connectivity index is 1.65. The predicted octanol–water partition coefficient (Wildman–Crippen LogP) is 5.95. The van der Waals surface area contributed by atoms with Crippen LogP contribution in [0.2, 0.25) is 5.02 Å². The highest BCUT2D eigenvalue weighted by molar-refractivity contribution is 7.99. The zero-order valence-electron chi connectivity index (χ0n) is 15.6. The van der Waals surface area contributed by atoms with Gasteiger partial charge in [-0.2, -0.15) is 5.10 Å². The number of halogens is 1. The molecule has 0 saturated heterocycles. The average molecular weight is 391 g/mol. The van der Waals surface area contributed by atoms with Gasteiger partial charge in [0.25, 0.3) is 0 Å². The van der Waals surface area contributed by atoms with Gasteiger partial charge in [-0.3, -0.25) is 4.68 Å². The number of thioether (sulfide) groups is 1. The Kier molecular flexibility index (Phi) is 5.55. The van der Waals surface area contributed by atoms with Gasteiger partial charge < -0.3 is 0 Å². The molecule has 0 N–H and O–H groups in total. The maximum absolute atomic E-state index is 6.52. The predicted molar refractivity (Wildman–Crippen MR) is 108 cm³/mol. The van der Waals surface area contributed by atoms with Crippen LogP contribution in [0.5, 0.6) is 0 Å². The van der Waals surface area contributed by atoms with Crippen LogP contribution in [0.15, 0.2) is 17.6 Å². The maximum atomic E-state index is 6.52. The molecule has 2 aliphatic carbocycles. The molecule has 6 heteroatoms. The van der Waals surface area contributed by atoms with Crippen molar-refractivity contribution >= 4 is 23.4 Å². The summed E-state index contributed by atoms with van der Waals surface area (Å²) in [6, 6.07) is 0.342. The summed E-state index contributed by atoms with van der Waals surface area (Å²) in [5, 5.41) is 6.77. The smallest absolute Gasteiger partial charge is 0.188 e. The van der Waals surface area contributed by atoms with Crippen LogP contribution in [0.3, 0.4) is 0 Å². The van der Waals surface area contributed by atoms with Crippen LogP contribution in [-0.2, 0) is 6.42 Å². The second kappa shape index (κ2) is 7.89. The molecule has 0 amide bonds. The molecule has 2 aromatic rings. The lowest BCUT2D eigenvalue weighted by Gasteiger charge is -2.20. The second-order valence-electron chi connectivity index (χ2n) is 7.92. The molecule has 26 heavy (non-hydrogen) atoms. The van der Waals surface area contributed by atoms with Crippen molar-refractivity contribution in [1.29, 1.82) is 0 Å². The average Bonchev–Trinajstić information content (AvgIpc) is 3.35. The van der Waals surface area contributed by atoms with Gasteiger partial charge in [0.1, 0.15) is 0 Å². The fourth-order valence-electron chi connectivity index (χ4n) is 3.76. The molecule has 0 radical (unpaired) electrons. The molecule has 0 bridgehead atoms. The van der Waals surface area contributed by atoms with Crippen LogP contribution in [0, 0.1) is 5.92 Å². The summed E-state index contributed by atoms with van der Waals surface area (Å²) in [4.78, 5) is 9.36. The molecule has 0 atom stereocenters. The van der Waals surface area contributed by atoms with Crippen molar-refractivity contribution in [3.8, 4) is 11.3 Å². The van der Waals surface area contributed by atoms with Gasteiger partial charge >= 0.3 is 0 Å². The first kappa shape index (κ1) is 18.3. The first-order chi connectivity index (χ1) is 12.6. The quantitative estimate of drug-likeness (QED) is 0.571. The van der Waals surface area contributed by atoms with E-state index < -0.39 is 0 Å². The van der Waals surface area contributed by atoms with Gasteiger partial charge in [0, 0.05) is 22.5 Å². The van der Waals surface area contributed by atoms with Gasteiger partial charge in [0.15, 0.2) is 5.16 Å². The van der Waals surface area contributed by atoms with Crippen molar-refractivity contribution in [2.45, 2.75) is 81.7 Å². The van der Waals surface area contributed by atoms with Crippen molar-refractivity contribution in [3.63, 3.8) is 0 Å². The van der Waals surface area contributed by atoms with E-state index >= 15 is 0 Å². The van der Waals surface area contributed by atoms with Crippen molar-refractivity contribution in [2.24, 2.45) is 5.92 Å². The van der Waals surface area contributed by atoms with E-state index in [0.29, 0.717) is 16.3 Å². The molecule has 2 fully saturated rings. The van der Waals surface area contributed by atoms with Crippen molar-refractivity contribution in [1.82, 2.24) is 19.7 Å². The Morgan fingerprint density at radius 1 is 1.15 bits per heavy atom. The van der Waals surface area contributed by atoms with E-state index in [9.17, 15) is 0 Å². The second-order valence-corrected chi connectivity index (χ2v) is 9.59. The summed E-state index contributed by atoms with van der Waals surface area (Å²) < 4.78 is 2.14. The van der Waals surface area contributed by atoms with Crippen LogP contribution < -0.4 is 0 Å². The van der Waals surface area contributed by atoms with Gasteiger partial charge in [-0.15, -0.1) is 0 Å². The zero-order valence-corrected chi connectivity index (χ0v) is 17.2. The lowest BCUT2D eigenvalue weighted by Crippen LogP contribution is -2.10. The minimum atomic E-state index is 0.342. The van der Waals surface area contributed by atoms with Gasteiger partial charge in [0.2, 0.25) is 0 Å². The van der Waals surface area contributed by atoms with E-state index in [1.807, 2.05) is 18.0 Å². The van der Waals surface area contributed by atoms with Crippen molar-refractivity contribution < 1.29 is 0 Å². The standard InChI is InChI=1S/C20H27ClN4S/c1-13(2)25-18(10-14-8-9-14)16(11-23-25)19-17(21)12-22-20(24-19)26-15-6-4-3-5-7-15/h11-15H,3-10H2,1-2H3. The Hall–Kier alpha value is -1.07. The number of aromatic nitrogens is 4. The van der Waals surface area contributed by atoms with Crippen LogP contribution in [-0.4, -0.2) is 25.0 Å². The molecule has 2 heterocycles. The molecule has 4 nitrogen and oxygen atoms in total. The van der Waals surface area contributed by atoms with Gasteiger partial charge in [-0.1, -0.05) is 42.6 Å². The normalized spacial score (nSPS) is 18.6.